The predicted molar refractivity (Wildman–Crippen MR) is 64.8 cm³/mol. The number of unbranched alkanes of at least 4 members (excludes halogenated alkanes) is 1. The van der Waals surface area contributed by atoms with Crippen molar-refractivity contribution in [1.29, 1.82) is 5.26 Å². The first-order chi connectivity index (χ1) is 7.19. The molecule has 0 saturated carbocycles. The van der Waals surface area contributed by atoms with E-state index in [9.17, 15) is 0 Å². The SMILES string of the molecule is CCC/C=C/c1cc(Cl)cc(C#N)c1C. The summed E-state index contributed by atoms with van der Waals surface area (Å²) in [6.45, 7) is 4.08. The first-order valence-corrected chi connectivity index (χ1v) is 5.43. The standard InChI is InChI=1S/C13H14ClN/c1-3-4-5-6-11-7-13(14)8-12(9-15)10(11)2/h5-8H,3-4H2,1-2H3/b6-5+. The van der Waals surface area contributed by atoms with Gasteiger partial charge < -0.3 is 0 Å². The summed E-state index contributed by atoms with van der Waals surface area (Å²) in [6, 6.07) is 5.74. The minimum atomic E-state index is 0.619. The zero-order valence-corrected chi connectivity index (χ0v) is 9.80. The number of hydrogen-bond donors (Lipinski definition) is 0. The second-order valence-electron chi connectivity index (χ2n) is 3.47. The van der Waals surface area contributed by atoms with E-state index in [-0.39, 0.29) is 0 Å². The Morgan fingerprint density at radius 3 is 2.80 bits per heavy atom. The van der Waals surface area contributed by atoms with Crippen molar-refractivity contribution in [2.75, 3.05) is 0 Å². The minimum Gasteiger partial charge on any atom is -0.192 e. The van der Waals surface area contributed by atoms with Crippen molar-refractivity contribution in [2.45, 2.75) is 26.7 Å². The monoisotopic (exact) mass is 219 g/mol. The number of halogens is 1. The average Bonchev–Trinajstić information content (AvgIpc) is 2.23. The van der Waals surface area contributed by atoms with Crippen molar-refractivity contribution >= 4 is 17.7 Å². The molecular formula is C13H14ClN. The van der Waals surface area contributed by atoms with Crippen LogP contribution in [0.4, 0.5) is 0 Å². The molecule has 78 valence electrons. The molecule has 0 N–H and O–H groups in total. The Morgan fingerprint density at radius 2 is 2.20 bits per heavy atom. The van der Waals surface area contributed by atoms with Gasteiger partial charge in [-0.15, -0.1) is 0 Å². The molecule has 1 aromatic rings. The number of benzene rings is 1. The van der Waals surface area contributed by atoms with Crippen molar-refractivity contribution in [3.8, 4) is 6.07 Å². The topological polar surface area (TPSA) is 23.8 Å². The highest BCUT2D eigenvalue weighted by atomic mass is 35.5. The van der Waals surface area contributed by atoms with E-state index >= 15 is 0 Å². The molecule has 0 aliphatic carbocycles. The van der Waals surface area contributed by atoms with Gasteiger partial charge in [0.1, 0.15) is 0 Å². The van der Waals surface area contributed by atoms with Crippen LogP contribution in [0.15, 0.2) is 18.2 Å². The molecule has 2 heteroatoms. The molecule has 0 radical (unpaired) electrons. The highest BCUT2D eigenvalue weighted by Crippen LogP contribution is 2.21. The zero-order chi connectivity index (χ0) is 11.3. The van der Waals surface area contributed by atoms with Crippen LogP contribution in [0.25, 0.3) is 6.08 Å². The third-order valence-corrected chi connectivity index (χ3v) is 2.50. The largest absolute Gasteiger partial charge is 0.192 e. The maximum Gasteiger partial charge on any atom is 0.0995 e. The second-order valence-corrected chi connectivity index (χ2v) is 3.91. The van der Waals surface area contributed by atoms with Crippen molar-refractivity contribution in [3.63, 3.8) is 0 Å². The van der Waals surface area contributed by atoms with Gasteiger partial charge in [0.05, 0.1) is 11.6 Å². The normalized spacial score (nSPS) is 10.5. The molecule has 1 rings (SSSR count). The maximum absolute atomic E-state index is 8.91. The average molecular weight is 220 g/mol. The number of nitrogens with zero attached hydrogens (tertiary/aromatic N) is 1. The van der Waals surface area contributed by atoms with E-state index in [4.69, 9.17) is 16.9 Å². The number of allylic oxidation sites excluding steroid dienone is 1. The maximum atomic E-state index is 8.91. The fourth-order valence-corrected chi connectivity index (χ4v) is 1.59. The lowest BCUT2D eigenvalue weighted by molar-refractivity contribution is 0.962. The Bertz CT molecular complexity index is 413. The molecule has 0 bridgehead atoms. The van der Waals surface area contributed by atoms with Crippen molar-refractivity contribution < 1.29 is 0 Å². The lowest BCUT2D eigenvalue weighted by Crippen LogP contribution is -1.87. The Morgan fingerprint density at radius 1 is 1.47 bits per heavy atom. The van der Waals surface area contributed by atoms with Crippen LogP contribution in [-0.4, -0.2) is 0 Å². The lowest BCUT2D eigenvalue weighted by Gasteiger charge is -2.03. The summed E-state index contributed by atoms with van der Waals surface area (Å²) in [7, 11) is 0. The van der Waals surface area contributed by atoms with Crippen LogP contribution in [0.1, 0.15) is 36.5 Å². The molecule has 0 aliphatic rings. The van der Waals surface area contributed by atoms with E-state index in [1.807, 2.05) is 19.1 Å². The Labute approximate surface area is 96.0 Å². The van der Waals surface area contributed by atoms with E-state index in [0.717, 1.165) is 24.0 Å². The quantitative estimate of drug-likeness (QED) is 0.742. The van der Waals surface area contributed by atoms with Gasteiger partial charge in [0, 0.05) is 5.02 Å². The molecule has 0 heterocycles. The Hall–Kier alpha value is -1.26. The van der Waals surface area contributed by atoms with Gasteiger partial charge in [-0.3, -0.25) is 0 Å². The minimum absolute atomic E-state index is 0.619. The molecular weight excluding hydrogens is 206 g/mol. The third-order valence-electron chi connectivity index (χ3n) is 2.29. The second kappa shape index (κ2) is 5.58. The van der Waals surface area contributed by atoms with Crippen LogP contribution >= 0.6 is 11.6 Å². The molecule has 0 saturated heterocycles. The molecule has 0 atom stereocenters. The van der Waals surface area contributed by atoms with Crippen molar-refractivity contribution in [1.82, 2.24) is 0 Å². The third kappa shape index (κ3) is 3.11. The molecule has 0 spiro atoms. The van der Waals surface area contributed by atoms with E-state index in [0.29, 0.717) is 10.6 Å². The number of hydrogen-bond acceptors (Lipinski definition) is 1. The van der Waals surface area contributed by atoms with Gasteiger partial charge in [0.2, 0.25) is 0 Å². The fraction of sp³-hybridized carbons (Fsp3) is 0.308. The summed E-state index contributed by atoms with van der Waals surface area (Å²) in [5.41, 5.74) is 2.68. The summed E-state index contributed by atoms with van der Waals surface area (Å²) in [4.78, 5) is 0. The van der Waals surface area contributed by atoms with Crippen LogP contribution in [0.3, 0.4) is 0 Å². The van der Waals surface area contributed by atoms with Gasteiger partial charge >= 0.3 is 0 Å². The zero-order valence-electron chi connectivity index (χ0n) is 9.05. The summed E-state index contributed by atoms with van der Waals surface area (Å²) >= 11 is 5.93. The molecule has 0 unspecified atom stereocenters. The van der Waals surface area contributed by atoms with E-state index in [2.05, 4.69) is 19.1 Å². The molecule has 1 aromatic carbocycles. The van der Waals surface area contributed by atoms with Crippen molar-refractivity contribution in [3.05, 3.63) is 39.9 Å². The van der Waals surface area contributed by atoms with Gasteiger partial charge in [0.15, 0.2) is 0 Å². The van der Waals surface area contributed by atoms with Crippen LogP contribution < -0.4 is 0 Å². The molecule has 15 heavy (non-hydrogen) atoms. The summed E-state index contributed by atoms with van der Waals surface area (Å²) in [5, 5.41) is 9.52. The molecule has 0 aliphatic heterocycles. The number of nitriles is 1. The summed E-state index contributed by atoms with van der Waals surface area (Å²) < 4.78 is 0. The summed E-state index contributed by atoms with van der Waals surface area (Å²) in [5.74, 6) is 0. The van der Waals surface area contributed by atoms with E-state index in [1.54, 1.807) is 6.07 Å². The van der Waals surface area contributed by atoms with Gasteiger partial charge in [0.25, 0.3) is 0 Å². The molecule has 0 fully saturated rings. The first-order valence-electron chi connectivity index (χ1n) is 5.05. The van der Waals surface area contributed by atoms with E-state index < -0.39 is 0 Å². The highest BCUT2D eigenvalue weighted by Gasteiger charge is 2.03. The highest BCUT2D eigenvalue weighted by molar-refractivity contribution is 6.30. The summed E-state index contributed by atoms with van der Waals surface area (Å²) in [6.07, 6.45) is 6.32. The van der Waals surface area contributed by atoms with Gasteiger partial charge in [-0.1, -0.05) is 37.1 Å². The molecule has 0 amide bonds. The predicted octanol–water partition coefficient (Wildman–Crippen LogP) is 4.33. The van der Waals surface area contributed by atoms with Crippen LogP contribution in [0, 0.1) is 18.3 Å². The van der Waals surface area contributed by atoms with Gasteiger partial charge in [-0.05, 0) is 36.6 Å². The molecule has 1 nitrogen and oxygen atoms in total. The number of rotatable bonds is 3. The van der Waals surface area contributed by atoms with Gasteiger partial charge in [-0.25, -0.2) is 0 Å². The molecule has 0 aromatic heterocycles. The first kappa shape index (κ1) is 11.8. The van der Waals surface area contributed by atoms with Crippen LogP contribution in [-0.2, 0) is 0 Å². The van der Waals surface area contributed by atoms with E-state index in [1.165, 1.54) is 0 Å². The smallest absolute Gasteiger partial charge is 0.0995 e. The fourth-order valence-electron chi connectivity index (χ4n) is 1.37. The Kier molecular flexibility index (Phi) is 4.39. The lowest BCUT2D eigenvalue weighted by atomic mass is 10.0. The van der Waals surface area contributed by atoms with Gasteiger partial charge in [-0.2, -0.15) is 5.26 Å². The van der Waals surface area contributed by atoms with Crippen LogP contribution in [0.2, 0.25) is 5.02 Å². The van der Waals surface area contributed by atoms with Crippen LogP contribution in [0.5, 0.6) is 0 Å². The Balaban J connectivity index is 3.08. The van der Waals surface area contributed by atoms with Crippen molar-refractivity contribution in [2.24, 2.45) is 0 Å².